The first kappa shape index (κ1) is 17.1. The van der Waals surface area contributed by atoms with Gasteiger partial charge in [0.25, 0.3) is 0 Å². The molecule has 0 amide bonds. The molecular formula is C14H22FNO3S. The molecule has 1 aromatic carbocycles. The van der Waals surface area contributed by atoms with Gasteiger partial charge in [-0.2, -0.15) is 0 Å². The summed E-state index contributed by atoms with van der Waals surface area (Å²) in [6.07, 6.45) is 0.171. The molecular weight excluding hydrogens is 281 g/mol. The molecule has 1 atom stereocenters. The third kappa shape index (κ3) is 3.77. The van der Waals surface area contributed by atoms with Gasteiger partial charge in [-0.1, -0.05) is 12.1 Å². The molecule has 1 unspecified atom stereocenters. The Bertz CT molecular complexity index is 539. The molecule has 0 fully saturated rings. The van der Waals surface area contributed by atoms with Gasteiger partial charge in [0.2, 0.25) is 0 Å². The van der Waals surface area contributed by atoms with Gasteiger partial charge in [0.05, 0.1) is 17.6 Å². The van der Waals surface area contributed by atoms with Crippen LogP contribution in [0.1, 0.15) is 25.8 Å². The molecule has 0 aliphatic rings. The van der Waals surface area contributed by atoms with E-state index in [4.69, 9.17) is 5.73 Å². The van der Waals surface area contributed by atoms with Crippen molar-refractivity contribution < 1.29 is 17.9 Å². The van der Waals surface area contributed by atoms with Gasteiger partial charge in [0.15, 0.2) is 9.84 Å². The van der Waals surface area contributed by atoms with Gasteiger partial charge >= 0.3 is 0 Å². The zero-order valence-electron chi connectivity index (χ0n) is 11.8. The third-order valence-electron chi connectivity index (χ3n) is 3.71. The van der Waals surface area contributed by atoms with Gasteiger partial charge in [-0.15, -0.1) is 0 Å². The van der Waals surface area contributed by atoms with Gasteiger partial charge < -0.3 is 10.8 Å². The molecule has 1 aromatic rings. The monoisotopic (exact) mass is 303 g/mol. The van der Waals surface area contributed by atoms with Crippen LogP contribution in [-0.4, -0.2) is 37.7 Å². The standard InChI is InChI=1S/C14H22FNO3S/c1-11(2)20(18,19)7-6-14(9-16,10-17)12-4-3-5-13(15)8-12/h3-5,8,11,17H,6-7,9-10,16H2,1-2H3. The van der Waals surface area contributed by atoms with Gasteiger partial charge in [-0.25, -0.2) is 12.8 Å². The zero-order chi connectivity index (χ0) is 15.4. The number of benzene rings is 1. The first-order valence-electron chi connectivity index (χ1n) is 6.56. The smallest absolute Gasteiger partial charge is 0.152 e. The highest BCUT2D eigenvalue weighted by Crippen LogP contribution is 2.28. The average Bonchev–Trinajstić information content (AvgIpc) is 2.40. The average molecular weight is 303 g/mol. The molecule has 0 aliphatic carbocycles. The second-order valence-electron chi connectivity index (χ2n) is 5.32. The van der Waals surface area contributed by atoms with E-state index >= 15 is 0 Å². The highest BCUT2D eigenvalue weighted by Gasteiger charge is 2.32. The molecule has 0 saturated carbocycles. The number of sulfone groups is 1. The summed E-state index contributed by atoms with van der Waals surface area (Å²) >= 11 is 0. The molecule has 20 heavy (non-hydrogen) atoms. The van der Waals surface area contributed by atoms with Crippen LogP contribution in [0.3, 0.4) is 0 Å². The molecule has 0 aliphatic heterocycles. The van der Waals surface area contributed by atoms with E-state index in [-0.39, 0.29) is 25.3 Å². The largest absolute Gasteiger partial charge is 0.395 e. The van der Waals surface area contributed by atoms with Crippen LogP contribution in [0.25, 0.3) is 0 Å². The topological polar surface area (TPSA) is 80.4 Å². The van der Waals surface area contributed by atoms with Crippen molar-refractivity contribution in [1.82, 2.24) is 0 Å². The molecule has 0 heterocycles. The third-order valence-corrected chi connectivity index (χ3v) is 5.92. The molecule has 0 bridgehead atoms. The molecule has 0 saturated heterocycles. The number of halogens is 1. The Kier molecular flexibility index (Phi) is 5.68. The van der Waals surface area contributed by atoms with Crippen molar-refractivity contribution in [3.8, 4) is 0 Å². The van der Waals surface area contributed by atoms with Crippen LogP contribution in [0.15, 0.2) is 24.3 Å². The minimum Gasteiger partial charge on any atom is -0.395 e. The Morgan fingerprint density at radius 2 is 2.05 bits per heavy atom. The highest BCUT2D eigenvalue weighted by atomic mass is 32.2. The fourth-order valence-electron chi connectivity index (χ4n) is 1.99. The number of hydrogen-bond donors (Lipinski definition) is 2. The minimum absolute atomic E-state index is 0.0561. The molecule has 114 valence electrons. The number of aliphatic hydroxyl groups excluding tert-OH is 1. The summed E-state index contributed by atoms with van der Waals surface area (Å²) in [6.45, 7) is 2.96. The lowest BCUT2D eigenvalue weighted by atomic mass is 9.79. The second kappa shape index (κ2) is 6.65. The van der Waals surface area contributed by atoms with E-state index in [2.05, 4.69) is 0 Å². The summed E-state index contributed by atoms with van der Waals surface area (Å²) in [5.41, 5.74) is 5.33. The van der Waals surface area contributed by atoms with Crippen molar-refractivity contribution >= 4 is 9.84 Å². The highest BCUT2D eigenvalue weighted by molar-refractivity contribution is 7.91. The maximum atomic E-state index is 13.3. The predicted molar refractivity (Wildman–Crippen MR) is 77.8 cm³/mol. The Hall–Kier alpha value is -0.980. The summed E-state index contributed by atoms with van der Waals surface area (Å²) in [5.74, 6) is -0.514. The maximum absolute atomic E-state index is 13.3. The Labute approximate surface area is 119 Å². The van der Waals surface area contributed by atoms with Crippen LogP contribution in [0.5, 0.6) is 0 Å². The molecule has 1 rings (SSSR count). The Morgan fingerprint density at radius 3 is 2.50 bits per heavy atom. The molecule has 0 radical (unpaired) electrons. The summed E-state index contributed by atoms with van der Waals surface area (Å²) in [5, 5.41) is 9.18. The van der Waals surface area contributed by atoms with Gasteiger partial charge in [-0.05, 0) is 38.0 Å². The molecule has 4 nitrogen and oxygen atoms in total. The minimum atomic E-state index is -3.23. The van der Waals surface area contributed by atoms with Crippen LogP contribution in [-0.2, 0) is 15.3 Å². The molecule has 3 N–H and O–H groups in total. The number of aliphatic hydroxyl groups is 1. The lowest BCUT2D eigenvalue weighted by Gasteiger charge is -2.31. The maximum Gasteiger partial charge on any atom is 0.152 e. The van der Waals surface area contributed by atoms with Crippen LogP contribution < -0.4 is 5.73 Å². The fraction of sp³-hybridized carbons (Fsp3) is 0.571. The van der Waals surface area contributed by atoms with E-state index in [9.17, 15) is 17.9 Å². The SMILES string of the molecule is CC(C)S(=O)(=O)CCC(CN)(CO)c1cccc(F)c1. The summed E-state index contributed by atoms with van der Waals surface area (Å²) in [6, 6.07) is 5.79. The summed E-state index contributed by atoms with van der Waals surface area (Å²) in [7, 11) is -3.23. The number of hydrogen-bond acceptors (Lipinski definition) is 4. The van der Waals surface area contributed by atoms with Gasteiger partial charge in [-0.3, -0.25) is 0 Å². The van der Waals surface area contributed by atoms with E-state index in [0.29, 0.717) is 5.56 Å². The molecule has 0 spiro atoms. The van der Waals surface area contributed by atoms with E-state index < -0.39 is 26.3 Å². The van der Waals surface area contributed by atoms with E-state index in [1.54, 1.807) is 19.9 Å². The lowest BCUT2D eigenvalue weighted by Crippen LogP contribution is -2.41. The normalized spacial score (nSPS) is 15.3. The Morgan fingerprint density at radius 1 is 1.40 bits per heavy atom. The van der Waals surface area contributed by atoms with Crippen LogP contribution >= 0.6 is 0 Å². The summed E-state index contributed by atoms with van der Waals surface area (Å²) in [4.78, 5) is 0. The van der Waals surface area contributed by atoms with Crippen molar-refractivity contribution in [1.29, 1.82) is 0 Å². The quantitative estimate of drug-likeness (QED) is 0.794. The second-order valence-corrected chi connectivity index (χ2v) is 8.00. The number of nitrogens with two attached hydrogens (primary N) is 1. The van der Waals surface area contributed by atoms with Crippen molar-refractivity contribution in [2.24, 2.45) is 5.73 Å². The van der Waals surface area contributed by atoms with E-state index in [0.717, 1.165) is 0 Å². The fourth-order valence-corrected chi connectivity index (χ4v) is 3.14. The van der Waals surface area contributed by atoms with Crippen molar-refractivity contribution in [3.63, 3.8) is 0 Å². The zero-order valence-corrected chi connectivity index (χ0v) is 12.7. The van der Waals surface area contributed by atoms with Gasteiger partial charge in [0.1, 0.15) is 5.82 Å². The van der Waals surface area contributed by atoms with Crippen LogP contribution in [0.2, 0.25) is 0 Å². The van der Waals surface area contributed by atoms with Crippen molar-refractivity contribution in [2.75, 3.05) is 18.9 Å². The predicted octanol–water partition coefficient (Wildman–Crippen LogP) is 1.23. The Balaban J connectivity index is 3.05. The van der Waals surface area contributed by atoms with Crippen LogP contribution in [0.4, 0.5) is 4.39 Å². The molecule has 6 heteroatoms. The first-order valence-corrected chi connectivity index (χ1v) is 8.27. The van der Waals surface area contributed by atoms with Gasteiger partial charge in [0, 0.05) is 12.0 Å². The van der Waals surface area contributed by atoms with Crippen molar-refractivity contribution in [3.05, 3.63) is 35.6 Å². The number of rotatable bonds is 7. The molecule has 0 aromatic heterocycles. The lowest BCUT2D eigenvalue weighted by molar-refractivity contribution is 0.193. The first-order chi connectivity index (χ1) is 9.27. The van der Waals surface area contributed by atoms with E-state index in [1.165, 1.54) is 18.2 Å². The van der Waals surface area contributed by atoms with Crippen molar-refractivity contribution in [2.45, 2.75) is 30.9 Å². The van der Waals surface area contributed by atoms with Crippen LogP contribution in [0, 0.1) is 5.82 Å². The van der Waals surface area contributed by atoms with E-state index in [1.807, 2.05) is 0 Å². The summed E-state index contributed by atoms with van der Waals surface area (Å²) < 4.78 is 37.2.